The largest absolute Gasteiger partial charge is 0.468 e. The normalized spacial score (nSPS) is 15.1. The minimum atomic E-state index is -0.224. The van der Waals surface area contributed by atoms with Crippen LogP contribution in [0.4, 0.5) is 10.1 Å². The number of anilines is 1. The lowest BCUT2D eigenvalue weighted by Gasteiger charge is -2.20. The molecule has 10 heteroatoms. The van der Waals surface area contributed by atoms with Crippen molar-refractivity contribution >= 4 is 35.8 Å². The summed E-state index contributed by atoms with van der Waals surface area (Å²) >= 11 is 0. The SMILES string of the molecule is CC1[C@@H](c2ccccc2)CCN1C.CCC(C=O)CCCCCF.CN.Cc1cc2cc(NC=O)ccc2[nH]1.O=COCCCOCc1ccccc1. The van der Waals surface area contributed by atoms with Gasteiger partial charge in [-0.05, 0) is 95.6 Å². The Bertz CT molecular complexity index is 1490. The number of halogens is 1. The standard InChI is InChI=1S/C12H17N.C11H14O3.C10H10N2O.C9H17FO.CH5N/c1-10-12(8-9-13(10)2)11-6-4-3-5-7-11;12-10-14-8-4-7-13-9-11-5-2-1-3-6-11;1-7-4-8-5-9(11-6-13)2-3-10(8)12-7;1-2-9(8-11)6-4-3-5-7-10;1-2/h3-7,10,12H,8-9H2,1-2H3;1-3,5-6,10H,4,7-9H2;2-6,12H,1H3,(H,11,13);8-9H,2-7H2,1H3;2H2,1H3/t10?,12-;;;;/m0..../s1. The van der Waals surface area contributed by atoms with Gasteiger partial charge in [-0.2, -0.15) is 0 Å². The number of nitrogens with two attached hydrogens (primary N) is 1. The third kappa shape index (κ3) is 19.9. The average Bonchev–Trinajstić information content (AvgIpc) is 3.74. The summed E-state index contributed by atoms with van der Waals surface area (Å²) in [7, 11) is 3.72. The summed E-state index contributed by atoms with van der Waals surface area (Å²) in [5.74, 6) is 0.945. The molecule has 4 N–H and O–H groups in total. The van der Waals surface area contributed by atoms with Gasteiger partial charge in [-0.25, -0.2) is 0 Å². The number of carbonyl (C=O) groups is 3. The lowest BCUT2D eigenvalue weighted by atomic mass is 9.93. The van der Waals surface area contributed by atoms with Crippen LogP contribution in [0.5, 0.6) is 0 Å². The summed E-state index contributed by atoms with van der Waals surface area (Å²) in [6.07, 6.45) is 8.14. The number of aromatic amines is 1. The smallest absolute Gasteiger partial charge is 0.293 e. The van der Waals surface area contributed by atoms with E-state index in [2.05, 4.69) is 70.0 Å². The molecule has 0 aliphatic carbocycles. The number of nitrogens with one attached hydrogen (secondary N) is 2. The number of H-pyrrole nitrogens is 1. The van der Waals surface area contributed by atoms with Crippen molar-refractivity contribution in [1.82, 2.24) is 9.88 Å². The van der Waals surface area contributed by atoms with Crippen LogP contribution in [0.3, 0.4) is 0 Å². The third-order valence-corrected chi connectivity index (χ3v) is 8.93. The number of likely N-dealkylation sites (tertiary alicyclic amines) is 1. The van der Waals surface area contributed by atoms with Crippen LogP contribution >= 0.6 is 0 Å². The highest BCUT2D eigenvalue weighted by molar-refractivity contribution is 5.86. The highest BCUT2D eigenvalue weighted by Gasteiger charge is 2.28. The first-order valence-electron chi connectivity index (χ1n) is 18.7. The van der Waals surface area contributed by atoms with Crippen LogP contribution in [-0.4, -0.2) is 75.6 Å². The number of hydrogen-bond acceptors (Lipinski definition) is 7. The monoisotopic (exact) mass is 734 g/mol. The zero-order valence-electron chi connectivity index (χ0n) is 32.5. The number of fused-ring (bicyclic) bond motifs is 1. The van der Waals surface area contributed by atoms with Gasteiger partial charge in [0, 0.05) is 46.6 Å². The molecule has 1 fully saturated rings. The molecule has 1 aromatic heterocycles. The molecule has 1 aliphatic heterocycles. The number of likely N-dealkylation sites (N-methyl/N-ethyl adjacent to an activating group) is 1. The van der Waals surface area contributed by atoms with Gasteiger partial charge in [-0.15, -0.1) is 0 Å². The lowest BCUT2D eigenvalue weighted by molar-refractivity contribution is -0.129. The summed E-state index contributed by atoms with van der Waals surface area (Å²) in [5.41, 5.74) is 10.2. The number of carbonyl (C=O) groups excluding carboxylic acids is 3. The van der Waals surface area contributed by atoms with E-state index in [4.69, 9.17) is 4.74 Å². The van der Waals surface area contributed by atoms with E-state index in [0.29, 0.717) is 45.2 Å². The topological polar surface area (TPSA) is 127 Å². The van der Waals surface area contributed by atoms with Crippen LogP contribution in [0.25, 0.3) is 10.9 Å². The molecule has 53 heavy (non-hydrogen) atoms. The maximum Gasteiger partial charge on any atom is 0.293 e. The van der Waals surface area contributed by atoms with Crippen LogP contribution < -0.4 is 11.1 Å². The Balaban J connectivity index is 0.000000349. The highest BCUT2D eigenvalue weighted by Crippen LogP contribution is 2.31. The summed E-state index contributed by atoms with van der Waals surface area (Å²) in [4.78, 5) is 36.0. The number of aryl methyl sites for hydroxylation is 1. The molecule has 2 unspecified atom stereocenters. The number of nitrogens with zero attached hydrogens (tertiary/aromatic N) is 1. The van der Waals surface area contributed by atoms with Crippen molar-refractivity contribution < 1.29 is 28.2 Å². The molecular formula is C43H63FN4O5. The highest BCUT2D eigenvalue weighted by atomic mass is 19.1. The number of rotatable bonds is 17. The van der Waals surface area contributed by atoms with E-state index in [9.17, 15) is 18.8 Å². The first-order chi connectivity index (χ1) is 25.9. The van der Waals surface area contributed by atoms with E-state index in [1.807, 2.05) is 68.4 Å². The zero-order chi connectivity index (χ0) is 39.1. The summed E-state index contributed by atoms with van der Waals surface area (Å²) < 4.78 is 21.5. The Morgan fingerprint density at radius 2 is 1.64 bits per heavy atom. The molecule has 0 saturated carbocycles. The van der Waals surface area contributed by atoms with Gasteiger partial charge in [0.1, 0.15) is 6.29 Å². The van der Waals surface area contributed by atoms with E-state index in [1.165, 1.54) is 25.6 Å². The van der Waals surface area contributed by atoms with Gasteiger partial charge in [0.25, 0.3) is 6.47 Å². The number of benzene rings is 3. The minimum Gasteiger partial charge on any atom is -0.468 e. The van der Waals surface area contributed by atoms with Crippen molar-refractivity contribution in [3.05, 3.63) is 102 Å². The predicted octanol–water partition coefficient (Wildman–Crippen LogP) is 8.62. The van der Waals surface area contributed by atoms with E-state index in [0.717, 1.165) is 72.2 Å². The first-order valence-corrected chi connectivity index (χ1v) is 18.7. The Morgan fingerprint density at radius 1 is 0.943 bits per heavy atom. The van der Waals surface area contributed by atoms with Gasteiger partial charge in [0.15, 0.2) is 0 Å². The fraction of sp³-hybridized carbons (Fsp3) is 0.465. The fourth-order valence-corrected chi connectivity index (χ4v) is 5.78. The summed E-state index contributed by atoms with van der Waals surface area (Å²) in [6, 6.07) is 29.3. The molecule has 3 aromatic carbocycles. The molecule has 9 nitrogen and oxygen atoms in total. The number of ether oxygens (including phenoxy) is 2. The van der Waals surface area contributed by atoms with E-state index in [1.54, 1.807) is 0 Å². The molecule has 3 atom stereocenters. The lowest BCUT2D eigenvalue weighted by Crippen LogP contribution is -2.24. The Labute approximate surface area is 316 Å². The van der Waals surface area contributed by atoms with Crippen LogP contribution in [-0.2, 0) is 30.5 Å². The van der Waals surface area contributed by atoms with E-state index < -0.39 is 0 Å². The summed E-state index contributed by atoms with van der Waals surface area (Å²) in [6.45, 7) is 9.46. The number of hydrogen-bond donors (Lipinski definition) is 3. The average molecular weight is 735 g/mol. The number of amides is 1. The predicted molar refractivity (Wildman–Crippen MR) is 216 cm³/mol. The zero-order valence-corrected chi connectivity index (χ0v) is 32.5. The van der Waals surface area contributed by atoms with Crippen molar-refractivity contribution in [3.8, 4) is 0 Å². The maximum absolute atomic E-state index is 11.6. The molecule has 0 bridgehead atoms. The van der Waals surface area contributed by atoms with Crippen molar-refractivity contribution in [2.75, 3.05) is 45.8 Å². The first kappa shape index (κ1) is 46.6. The Hall–Kier alpha value is -4.38. The van der Waals surface area contributed by atoms with Crippen LogP contribution in [0, 0.1) is 12.8 Å². The molecule has 5 rings (SSSR count). The number of alkyl halides is 1. The van der Waals surface area contributed by atoms with Gasteiger partial charge < -0.3 is 35.2 Å². The molecule has 0 spiro atoms. The summed E-state index contributed by atoms with van der Waals surface area (Å²) in [5, 5.41) is 3.73. The van der Waals surface area contributed by atoms with Crippen molar-refractivity contribution in [3.63, 3.8) is 0 Å². The Morgan fingerprint density at radius 3 is 2.23 bits per heavy atom. The number of aromatic nitrogens is 1. The minimum absolute atomic E-state index is 0.203. The van der Waals surface area contributed by atoms with Gasteiger partial charge in [0.2, 0.25) is 6.41 Å². The van der Waals surface area contributed by atoms with Crippen molar-refractivity contribution in [2.45, 2.75) is 84.3 Å². The molecule has 0 radical (unpaired) electrons. The second-order valence-corrected chi connectivity index (χ2v) is 12.7. The second kappa shape index (κ2) is 30.1. The van der Waals surface area contributed by atoms with Crippen LogP contribution in [0.15, 0.2) is 84.9 Å². The van der Waals surface area contributed by atoms with E-state index >= 15 is 0 Å². The Kier molecular flexibility index (Phi) is 26.5. The second-order valence-electron chi connectivity index (χ2n) is 12.7. The van der Waals surface area contributed by atoms with E-state index in [-0.39, 0.29) is 12.6 Å². The molecule has 292 valence electrons. The molecule has 4 aromatic rings. The molecule has 2 heterocycles. The van der Waals surface area contributed by atoms with Gasteiger partial charge in [0.05, 0.1) is 26.5 Å². The van der Waals surface area contributed by atoms with Crippen molar-refractivity contribution in [2.24, 2.45) is 11.7 Å². The number of unbranched alkanes of at least 4 members (excludes halogenated alkanes) is 2. The third-order valence-electron chi connectivity index (χ3n) is 8.93. The van der Waals surface area contributed by atoms with Crippen LogP contribution in [0.2, 0.25) is 0 Å². The number of aldehydes is 1. The van der Waals surface area contributed by atoms with Gasteiger partial charge in [-0.1, -0.05) is 80.4 Å². The maximum atomic E-state index is 11.6. The molecule has 1 amide bonds. The van der Waals surface area contributed by atoms with Crippen molar-refractivity contribution in [1.29, 1.82) is 0 Å². The fourth-order valence-electron chi connectivity index (χ4n) is 5.78. The molecular weight excluding hydrogens is 671 g/mol. The van der Waals surface area contributed by atoms with Crippen LogP contribution in [0.1, 0.15) is 81.5 Å². The molecule has 1 aliphatic rings. The van der Waals surface area contributed by atoms with Gasteiger partial charge >= 0.3 is 0 Å². The quantitative estimate of drug-likeness (QED) is 0.0733. The van der Waals surface area contributed by atoms with Gasteiger partial charge in [-0.3, -0.25) is 14.0 Å². The molecule has 1 saturated heterocycles.